The first-order valence-electron chi connectivity index (χ1n) is 7.54. The summed E-state index contributed by atoms with van der Waals surface area (Å²) < 4.78 is 1.93. The van der Waals surface area contributed by atoms with Crippen molar-refractivity contribution in [3.63, 3.8) is 0 Å². The SMILES string of the molecule is Cc1ccccc1/C=C/C(=O)NCCc1nnc2ccccn12. The number of carbonyl (C=O) groups excluding carboxylic acids is 1. The molecule has 2 aromatic heterocycles. The van der Waals surface area contributed by atoms with Crippen LogP contribution in [0.1, 0.15) is 17.0 Å². The highest BCUT2D eigenvalue weighted by molar-refractivity contribution is 5.91. The van der Waals surface area contributed by atoms with Crippen LogP contribution in [0.15, 0.2) is 54.7 Å². The molecule has 3 rings (SSSR count). The molecule has 5 nitrogen and oxygen atoms in total. The zero-order valence-corrected chi connectivity index (χ0v) is 12.9. The van der Waals surface area contributed by atoms with Gasteiger partial charge in [0.1, 0.15) is 5.82 Å². The molecule has 1 aromatic carbocycles. The van der Waals surface area contributed by atoms with Crippen LogP contribution in [-0.4, -0.2) is 27.0 Å². The topological polar surface area (TPSA) is 59.3 Å². The van der Waals surface area contributed by atoms with Gasteiger partial charge in [0.05, 0.1) is 0 Å². The van der Waals surface area contributed by atoms with Crippen LogP contribution in [0.2, 0.25) is 0 Å². The molecule has 1 N–H and O–H groups in total. The first-order chi connectivity index (χ1) is 11.2. The van der Waals surface area contributed by atoms with Gasteiger partial charge in [-0.1, -0.05) is 30.3 Å². The van der Waals surface area contributed by atoms with E-state index in [2.05, 4.69) is 15.5 Å². The Labute approximate surface area is 134 Å². The molecule has 0 saturated heterocycles. The Hall–Kier alpha value is -2.95. The molecule has 0 aliphatic carbocycles. The van der Waals surface area contributed by atoms with E-state index in [9.17, 15) is 4.79 Å². The standard InChI is InChI=1S/C18H18N4O/c1-14-6-2-3-7-15(14)9-10-18(23)19-12-11-17-21-20-16-8-4-5-13-22(16)17/h2-10,13H,11-12H2,1H3,(H,19,23)/b10-9+. The molecular formula is C18H18N4O. The maximum Gasteiger partial charge on any atom is 0.244 e. The maximum atomic E-state index is 11.9. The summed E-state index contributed by atoms with van der Waals surface area (Å²) in [5.74, 6) is 0.728. The second-order valence-corrected chi connectivity index (χ2v) is 5.28. The Morgan fingerprint density at radius 2 is 2.00 bits per heavy atom. The van der Waals surface area contributed by atoms with E-state index in [1.807, 2.05) is 66.1 Å². The van der Waals surface area contributed by atoms with Gasteiger partial charge in [0.25, 0.3) is 0 Å². The average Bonchev–Trinajstić information content (AvgIpc) is 2.98. The molecule has 5 heteroatoms. The molecule has 2 heterocycles. The molecule has 0 aliphatic heterocycles. The van der Waals surface area contributed by atoms with E-state index in [4.69, 9.17) is 0 Å². The van der Waals surface area contributed by atoms with Crippen molar-refractivity contribution in [2.45, 2.75) is 13.3 Å². The van der Waals surface area contributed by atoms with E-state index >= 15 is 0 Å². The highest BCUT2D eigenvalue weighted by atomic mass is 16.1. The molecular weight excluding hydrogens is 288 g/mol. The normalized spacial score (nSPS) is 11.2. The Morgan fingerprint density at radius 3 is 2.87 bits per heavy atom. The largest absolute Gasteiger partial charge is 0.352 e. The quantitative estimate of drug-likeness (QED) is 0.736. The van der Waals surface area contributed by atoms with E-state index < -0.39 is 0 Å². The van der Waals surface area contributed by atoms with Crippen molar-refractivity contribution in [1.29, 1.82) is 0 Å². The number of benzene rings is 1. The Balaban J connectivity index is 1.54. The Kier molecular flexibility index (Phi) is 4.47. The summed E-state index contributed by atoms with van der Waals surface area (Å²) in [4.78, 5) is 11.9. The van der Waals surface area contributed by atoms with Crippen LogP contribution in [-0.2, 0) is 11.2 Å². The second-order valence-electron chi connectivity index (χ2n) is 5.28. The number of amides is 1. The van der Waals surface area contributed by atoms with E-state index in [1.165, 1.54) is 0 Å². The van der Waals surface area contributed by atoms with E-state index in [1.54, 1.807) is 6.08 Å². The van der Waals surface area contributed by atoms with Crippen molar-refractivity contribution in [2.75, 3.05) is 6.54 Å². The molecule has 23 heavy (non-hydrogen) atoms. The van der Waals surface area contributed by atoms with Gasteiger partial charge < -0.3 is 5.32 Å². The summed E-state index contributed by atoms with van der Waals surface area (Å²) in [6.45, 7) is 2.54. The number of aromatic nitrogens is 3. The zero-order valence-electron chi connectivity index (χ0n) is 12.9. The number of pyridine rings is 1. The van der Waals surface area contributed by atoms with Gasteiger partial charge >= 0.3 is 0 Å². The minimum atomic E-state index is -0.109. The number of carbonyl (C=O) groups is 1. The zero-order chi connectivity index (χ0) is 16.1. The third-order valence-corrected chi connectivity index (χ3v) is 3.63. The van der Waals surface area contributed by atoms with Crippen molar-refractivity contribution in [2.24, 2.45) is 0 Å². The molecule has 0 saturated carbocycles. The smallest absolute Gasteiger partial charge is 0.244 e. The van der Waals surface area contributed by atoms with Gasteiger partial charge in [0, 0.05) is 25.2 Å². The van der Waals surface area contributed by atoms with Crippen molar-refractivity contribution >= 4 is 17.6 Å². The molecule has 3 aromatic rings. The van der Waals surface area contributed by atoms with Crippen LogP contribution in [0.4, 0.5) is 0 Å². The summed E-state index contributed by atoms with van der Waals surface area (Å²) in [7, 11) is 0. The Bertz CT molecular complexity index is 851. The predicted molar refractivity (Wildman–Crippen MR) is 89.9 cm³/mol. The van der Waals surface area contributed by atoms with Crippen LogP contribution >= 0.6 is 0 Å². The lowest BCUT2D eigenvalue weighted by atomic mass is 10.1. The lowest BCUT2D eigenvalue weighted by Crippen LogP contribution is -2.24. The van der Waals surface area contributed by atoms with Crippen molar-refractivity contribution < 1.29 is 4.79 Å². The number of rotatable bonds is 5. The first kappa shape index (κ1) is 15.0. The predicted octanol–water partition coefficient (Wildman–Crippen LogP) is 2.41. The van der Waals surface area contributed by atoms with E-state index in [0.29, 0.717) is 13.0 Å². The molecule has 0 aliphatic rings. The summed E-state index contributed by atoms with van der Waals surface area (Å²) in [6, 6.07) is 13.7. The van der Waals surface area contributed by atoms with E-state index in [-0.39, 0.29) is 5.91 Å². The van der Waals surface area contributed by atoms with Gasteiger partial charge in [-0.2, -0.15) is 0 Å². The number of aryl methyl sites for hydroxylation is 1. The highest BCUT2D eigenvalue weighted by Gasteiger charge is 2.04. The number of hydrogen-bond acceptors (Lipinski definition) is 3. The van der Waals surface area contributed by atoms with Crippen molar-refractivity contribution in [3.05, 3.63) is 71.7 Å². The summed E-state index contributed by atoms with van der Waals surface area (Å²) in [5.41, 5.74) is 3.01. The fourth-order valence-electron chi connectivity index (χ4n) is 2.36. The van der Waals surface area contributed by atoms with Crippen LogP contribution in [0.25, 0.3) is 11.7 Å². The highest BCUT2D eigenvalue weighted by Crippen LogP contribution is 2.08. The second kappa shape index (κ2) is 6.87. The average molecular weight is 306 g/mol. The molecule has 0 unspecified atom stereocenters. The van der Waals surface area contributed by atoms with Gasteiger partial charge in [-0.3, -0.25) is 9.20 Å². The Morgan fingerprint density at radius 1 is 1.17 bits per heavy atom. The monoisotopic (exact) mass is 306 g/mol. The van der Waals surface area contributed by atoms with Crippen LogP contribution in [0.5, 0.6) is 0 Å². The van der Waals surface area contributed by atoms with Gasteiger partial charge in [-0.15, -0.1) is 10.2 Å². The lowest BCUT2D eigenvalue weighted by Gasteiger charge is -2.02. The fraction of sp³-hybridized carbons (Fsp3) is 0.167. The first-order valence-corrected chi connectivity index (χ1v) is 7.54. The number of nitrogens with zero attached hydrogens (tertiary/aromatic N) is 3. The summed E-state index contributed by atoms with van der Waals surface area (Å²) in [5, 5.41) is 11.1. The minimum Gasteiger partial charge on any atom is -0.352 e. The molecule has 0 radical (unpaired) electrons. The summed E-state index contributed by atoms with van der Waals surface area (Å²) >= 11 is 0. The number of hydrogen-bond donors (Lipinski definition) is 1. The molecule has 1 amide bonds. The number of nitrogens with one attached hydrogen (secondary N) is 1. The summed E-state index contributed by atoms with van der Waals surface area (Å²) in [6.07, 6.45) is 5.95. The van der Waals surface area contributed by atoms with Crippen molar-refractivity contribution in [1.82, 2.24) is 19.9 Å². The van der Waals surface area contributed by atoms with Gasteiger partial charge in [0.15, 0.2) is 5.65 Å². The molecule has 0 bridgehead atoms. The minimum absolute atomic E-state index is 0.109. The van der Waals surface area contributed by atoms with Gasteiger partial charge in [-0.05, 0) is 36.3 Å². The van der Waals surface area contributed by atoms with Crippen LogP contribution < -0.4 is 5.32 Å². The van der Waals surface area contributed by atoms with Gasteiger partial charge in [0.2, 0.25) is 5.91 Å². The number of fused-ring (bicyclic) bond motifs is 1. The lowest BCUT2D eigenvalue weighted by molar-refractivity contribution is -0.116. The fourth-order valence-corrected chi connectivity index (χ4v) is 2.36. The van der Waals surface area contributed by atoms with Crippen LogP contribution in [0.3, 0.4) is 0 Å². The molecule has 0 spiro atoms. The van der Waals surface area contributed by atoms with Crippen LogP contribution in [0, 0.1) is 6.92 Å². The molecule has 0 fully saturated rings. The maximum absolute atomic E-state index is 11.9. The molecule has 116 valence electrons. The van der Waals surface area contributed by atoms with E-state index in [0.717, 1.165) is 22.6 Å². The van der Waals surface area contributed by atoms with Gasteiger partial charge in [-0.25, -0.2) is 0 Å². The molecule has 0 atom stereocenters. The van der Waals surface area contributed by atoms with Crippen molar-refractivity contribution in [3.8, 4) is 0 Å². The third-order valence-electron chi connectivity index (χ3n) is 3.63. The third kappa shape index (κ3) is 3.63.